The molecule has 1 aliphatic heterocycles. The summed E-state index contributed by atoms with van der Waals surface area (Å²) >= 11 is 0. The molecule has 0 bridgehead atoms. The Hall–Kier alpha value is -2.21. The normalized spacial score (nSPS) is 20.9. The molecule has 0 aliphatic carbocycles. The van der Waals surface area contributed by atoms with Crippen molar-refractivity contribution in [1.82, 2.24) is 9.97 Å². The first-order valence-electron chi connectivity index (χ1n) is 8.11. The lowest BCUT2D eigenvalue weighted by Crippen LogP contribution is -2.47. The topological polar surface area (TPSA) is 58.5 Å². The molecule has 1 aromatic heterocycles. The van der Waals surface area contributed by atoms with Crippen molar-refractivity contribution in [1.29, 1.82) is 0 Å². The number of methoxy groups -OCH3 is 1. The molecule has 1 fully saturated rings. The van der Waals surface area contributed by atoms with Crippen molar-refractivity contribution < 1.29 is 14.2 Å². The molecule has 5 nitrogen and oxygen atoms in total. The number of nitrogens with zero attached hydrogens (tertiary/aromatic N) is 3. The summed E-state index contributed by atoms with van der Waals surface area (Å²) < 4.78 is 19.2. The Bertz CT molecular complexity index is 697. The van der Waals surface area contributed by atoms with E-state index in [1.807, 2.05) is 6.07 Å². The number of rotatable bonds is 5. The second kappa shape index (κ2) is 7.13. The number of anilines is 1. The van der Waals surface area contributed by atoms with E-state index in [2.05, 4.69) is 14.9 Å². The lowest BCUT2D eigenvalue weighted by Gasteiger charge is -2.42. The summed E-state index contributed by atoms with van der Waals surface area (Å²) in [6, 6.07) is 8.57. The number of benzene rings is 1. The first-order valence-corrected chi connectivity index (χ1v) is 8.11. The third-order valence-electron chi connectivity index (χ3n) is 4.68. The van der Waals surface area contributed by atoms with Gasteiger partial charge >= 0.3 is 0 Å². The van der Waals surface area contributed by atoms with Gasteiger partial charge < -0.3 is 14.7 Å². The van der Waals surface area contributed by atoms with Crippen molar-refractivity contribution >= 4 is 5.82 Å². The van der Waals surface area contributed by atoms with Crippen molar-refractivity contribution in [3.63, 3.8) is 0 Å². The van der Waals surface area contributed by atoms with Gasteiger partial charge in [0.1, 0.15) is 18.0 Å². The summed E-state index contributed by atoms with van der Waals surface area (Å²) in [5.74, 6) is 1.06. The van der Waals surface area contributed by atoms with E-state index in [0.717, 1.165) is 25.2 Å². The second-order valence-electron chi connectivity index (χ2n) is 6.37. The Morgan fingerprint density at radius 1 is 1.33 bits per heavy atom. The standard InChI is InChI=1S/C18H22FN3O2/c1-24-17-9-16(20-13-21-17)22-8-4-7-18(11-22,12-23)10-14-5-2-3-6-15(14)19/h2-3,5-6,9,13,23H,4,7-8,10-12H2,1H3. The van der Waals surface area contributed by atoms with Gasteiger partial charge in [-0.1, -0.05) is 18.2 Å². The van der Waals surface area contributed by atoms with E-state index >= 15 is 0 Å². The third kappa shape index (κ3) is 3.48. The first kappa shape index (κ1) is 16.6. The van der Waals surface area contributed by atoms with Crippen molar-refractivity contribution in [2.24, 2.45) is 5.41 Å². The number of hydrogen-bond acceptors (Lipinski definition) is 5. The minimum atomic E-state index is -0.376. The smallest absolute Gasteiger partial charge is 0.218 e. The molecule has 128 valence electrons. The Balaban J connectivity index is 1.82. The molecular weight excluding hydrogens is 309 g/mol. The van der Waals surface area contributed by atoms with Crippen LogP contribution in [0.25, 0.3) is 0 Å². The average Bonchev–Trinajstić information content (AvgIpc) is 2.64. The maximum Gasteiger partial charge on any atom is 0.218 e. The fourth-order valence-corrected chi connectivity index (χ4v) is 3.39. The third-order valence-corrected chi connectivity index (χ3v) is 4.68. The van der Waals surface area contributed by atoms with Gasteiger partial charge in [0.15, 0.2) is 0 Å². The van der Waals surface area contributed by atoms with Crippen LogP contribution in [0.1, 0.15) is 18.4 Å². The highest BCUT2D eigenvalue weighted by Gasteiger charge is 2.36. The van der Waals surface area contributed by atoms with Crippen LogP contribution in [0.15, 0.2) is 36.7 Å². The number of hydrogen-bond donors (Lipinski definition) is 1. The van der Waals surface area contributed by atoms with Gasteiger partial charge in [0.05, 0.1) is 13.7 Å². The molecule has 1 N–H and O–H groups in total. The molecule has 3 rings (SSSR count). The first-order chi connectivity index (χ1) is 11.7. The summed E-state index contributed by atoms with van der Waals surface area (Å²) in [5.41, 5.74) is 0.271. The van der Waals surface area contributed by atoms with Gasteiger partial charge in [-0.25, -0.2) is 14.4 Å². The molecule has 2 aromatic rings. The van der Waals surface area contributed by atoms with E-state index in [1.54, 1.807) is 25.3 Å². The summed E-state index contributed by atoms with van der Waals surface area (Å²) in [4.78, 5) is 10.5. The van der Waals surface area contributed by atoms with Crippen molar-refractivity contribution in [3.05, 3.63) is 48.0 Å². The monoisotopic (exact) mass is 331 g/mol. The molecule has 0 radical (unpaired) electrons. The van der Waals surface area contributed by atoms with Crippen molar-refractivity contribution in [2.45, 2.75) is 19.3 Å². The predicted molar refractivity (Wildman–Crippen MR) is 89.7 cm³/mol. The Morgan fingerprint density at radius 3 is 2.92 bits per heavy atom. The number of halogens is 1. The van der Waals surface area contributed by atoms with Crippen LogP contribution in [0.4, 0.5) is 10.2 Å². The molecule has 1 aromatic carbocycles. The highest BCUT2D eigenvalue weighted by Crippen LogP contribution is 2.35. The number of piperidine rings is 1. The lowest BCUT2D eigenvalue weighted by atomic mass is 9.75. The van der Waals surface area contributed by atoms with Crippen molar-refractivity contribution in [3.8, 4) is 5.88 Å². The van der Waals surface area contributed by atoms with E-state index in [0.29, 0.717) is 24.4 Å². The van der Waals surface area contributed by atoms with Crippen LogP contribution in [0.2, 0.25) is 0 Å². The Labute approximate surface area is 141 Å². The van der Waals surface area contributed by atoms with Gasteiger partial charge in [-0.2, -0.15) is 0 Å². The molecule has 0 saturated carbocycles. The Morgan fingerprint density at radius 2 is 2.17 bits per heavy atom. The molecule has 2 heterocycles. The molecule has 6 heteroatoms. The van der Waals surface area contributed by atoms with Crippen LogP contribution >= 0.6 is 0 Å². The van der Waals surface area contributed by atoms with Crippen LogP contribution in [-0.4, -0.2) is 41.9 Å². The molecule has 1 atom stereocenters. The fourth-order valence-electron chi connectivity index (χ4n) is 3.39. The molecular formula is C18H22FN3O2. The fraction of sp³-hybridized carbons (Fsp3) is 0.444. The van der Waals surface area contributed by atoms with Crippen molar-refractivity contribution in [2.75, 3.05) is 31.7 Å². The van der Waals surface area contributed by atoms with Crippen LogP contribution in [0.5, 0.6) is 5.88 Å². The molecule has 1 unspecified atom stereocenters. The molecule has 24 heavy (non-hydrogen) atoms. The minimum Gasteiger partial charge on any atom is -0.481 e. The zero-order valence-electron chi connectivity index (χ0n) is 13.8. The lowest BCUT2D eigenvalue weighted by molar-refractivity contribution is 0.104. The minimum absolute atomic E-state index is 0.0139. The largest absolute Gasteiger partial charge is 0.481 e. The van der Waals surface area contributed by atoms with Crippen LogP contribution < -0.4 is 9.64 Å². The number of aliphatic hydroxyl groups is 1. The van der Waals surface area contributed by atoms with Crippen LogP contribution in [0.3, 0.4) is 0 Å². The molecule has 1 aliphatic rings. The quantitative estimate of drug-likeness (QED) is 0.912. The van der Waals surface area contributed by atoms with E-state index in [-0.39, 0.29) is 17.8 Å². The summed E-state index contributed by atoms with van der Waals surface area (Å²) in [6.07, 6.45) is 3.76. The SMILES string of the molecule is COc1cc(N2CCCC(CO)(Cc3ccccc3F)C2)ncn1. The number of aromatic nitrogens is 2. The number of ether oxygens (including phenoxy) is 1. The Kier molecular flexibility index (Phi) is 4.94. The highest BCUT2D eigenvalue weighted by atomic mass is 19.1. The zero-order chi connectivity index (χ0) is 17.0. The average molecular weight is 331 g/mol. The van der Waals surface area contributed by atoms with E-state index in [9.17, 15) is 9.50 Å². The maximum atomic E-state index is 14.0. The van der Waals surface area contributed by atoms with Gasteiger partial charge in [0.25, 0.3) is 0 Å². The van der Waals surface area contributed by atoms with Crippen LogP contribution in [0, 0.1) is 11.2 Å². The highest BCUT2D eigenvalue weighted by molar-refractivity contribution is 5.42. The summed E-state index contributed by atoms with van der Waals surface area (Å²) in [5, 5.41) is 10.1. The van der Waals surface area contributed by atoms with Gasteiger partial charge in [-0.05, 0) is 30.9 Å². The van der Waals surface area contributed by atoms with Gasteiger partial charge in [-0.15, -0.1) is 0 Å². The van der Waals surface area contributed by atoms with Gasteiger partial charge in [-0.3, -0.25) is 0 Å². The molecule has 1 saturated heterocycles. The van der Waals surface area contributed by atoms with Crippen LogP contribution in [-0.2, 0) is 6.42 Å². The second-order valence-corrected chi connectivity index (χ2v) is 6.37. The number of aliphatic hydroxyl groups excluding tert-OH is 1. The maximum absolute atomic E-state index is 14.0. The van der Waals surface area contributed by atoms with E-state index < -0.39 is 0 Å². The zero-order valence-corrected chi connectivity index (χ0v) is 13.8. The summed E-state index contributed by atoms with van der Waals surface area (Å²) in [6.45, 7) is 1.48. The van der Waals surface area contributed by atoms with E-state index in [4.69, 9.17) is 4.74 Å². The summed E-state index contributed by atoms with van der Waals surface area (Å²) in [7, 11) is 1.57. The predicted octanol–water partition coefficient (Wildman–Crippen LogP) is 2.45. The molecule has 0 spiro atoms. The van der Waals surface area contributed by atoms with Gasteiger partial charge in [0, 0.05) is 24.6 Å². The molecule has 0 amide bonds. The van der Waals surface area contributed by atoms with Gasteiger partial charge in [0.2, 0.25) is 5.88 Å². The van der Waals surface area contributed by atoms with E-state index in [1.165, 1.54) is 12.4 Å².